The Morgan fingerprint density at radius 2 is 2.26 bits per heavy atom. The Morgan fingerprint density at radius 3 is 2.96 bits per heavy atom. The van der Waals surface area contributed by atoms with Crippen LogP contribution in [-0.4, -0.2) is 50.3 Å². The van der Waals surface area contributed by atoms with Crippen molar-refractivity contribution in [3.8, 4) is 5.75 Å². The van der Waals surface area contributed by atoms with Crippen LogP contribution in [0.4, 0.5) is 5.69 Å². The van der Waals surface area contributed by atoms with Crippen LogP contribution in [0.2, 0.25) is 0 Å². The molecule has 2 N–H and O–H groups in total. The van der Waals surface area contributed by atoms with Crippen LogP contribution >= 0.6 is 24.2 Å². The first-order valence-corrected chi connectivity index (χ1v) is 8.68. The highest BCUT2D eigenvalue weighted by molar-refractivity contribution is 7.99. The number of hydrogen-bond acceptors (Lipinski definition) is 5. The predicted octanol–water partition coefficient (Wildman–Crippen LogP) is 2.48. The number of amides is 1. The molecule has 0 bridgehead atoms. The zero-order valence-electron chi connectivity index (χ0n) is 13.6. The monoisotopic (exact) mass is 360 g/mol. The lowest BCUT2D eigenvalue weighted by Gasteiger charge is -2.22. The van der Waals surface area contributed by atoms with E-state index >= 15 is 0 Å². The fourth-order valence-electron chi connectivity index (χ4n) is 2.26. The van der Waals surface area contributed by atoms with Gasteiger partial charge in [-0.15, -0.1) is 12.4 Å². The third-order valence-corrected chi connectivity index (χ3v) is 4.52. The molecule has 1 atom stereocenters. The van der Waals surface area contributed by atoms with Crippen molar-refractivity contribution >= 4 is 35.8 Å². The number of hydrogen-bond donors (Lipinski definition) is 2. The van der Waals surface area contributed by atoms with E-state index in [0.29, 0.717) is 25.4 Å². The largest absolute Gasteiger partial charge is 0.489 e. The number of nitrogens with one attached hydrogen (secondary N) is 2. The Kier molecular flexibility index (Phi) is 9.40. The lowest BCUT2D eigenvalue weighted by Crippen LogP contribution is -2.39. The van der Waals surface area contributed by atoms with Crippen LogP contribution in [0, 0.1) is 6.92 Å². The van der Waals surface area contributed by atoms with Crippen LogP contribution in [-0.2, 0) is 9.53 Å². The second-order valence-corrected chi connectivity index (χ2v) is 6.47. The van der Waals surface area contributed by atoms with E-state index in [1.165, 1.54) is 0 Å². The zero-order valence-corrected chi connectivity index (χ0v) is 15.2. The Bertz CT molecular complexity index is 496. The number of ether oxygens (including phenoxy) is 2. The number of anilines is 1. The van der Waals surface area contributed by atoms with E-state index in [-0.39, 0.29) is 24.4 Å². The molecular weight excluding hydrogens is 336 g/mol. The minimum absolute atomic E-state index is 0. The van der Waals surface area contributed by atoms with Crippen molar-refractivity contribution in [1.82, 2.24) is 5.32 Å². The average Bonchev–Trinajstić information content (AvgIpc) is 2.51. The van der Waals surface area contributed by atoms with Crippen molar-refractivity contribution in [2.75, 3.05) is 43.7 Å². The molecule has 2 rings (SSSR count). The van der Waals surface area contributed by atoms with Gasteiger partial charge in [0.15, 0.2) is 0 Å². The maximum Gasteiger partial charge on any atom is 0.226 e. The summed E-state index contributed by atoms with van der Waals surface area (Å²) in [6.07, 6.45) is 0.485. The molecule has 1 heterocycles. The third-order valence-electron chi connectivity index (χ3n) is 3.39. The molecule has 1 amide bonds. The molecular formula is C16H25ClN2O3S. The second-order valence-electron chi connectivity index (χ2n) is 5.32. The minimum Gasteiger partial charge on any atom is -0.489 e. The molecule has 1 fully saturated rings. The molecule has 1 aliphatic heterocycles. The first-order chi connectivity index (χ1) is 10.7. The SMILES string of the molecule is COCCOc1cc(C)ccc1NC(=O)CC1CSCCN1.Cl. The molecule has 1 aliphatic rings. The highest BCUT2D eigenvalue weighted by atomic mass is 35.5. The summed E-state index contributed by atoms with van der Waals surface area (Å²) >= 11 is 1.89. The van der Waals surface area contributed by atoms with E-state index in [1.807, 2.05) is 36.9 Å². The third kappa shape index (κ3) is 6.99. The van der Waals surface area contributed by atoms with Gasteiger partial charge in [-0.2, -0.15) is 11.8 Å². The number of carbonyl (C=O) groups excluding carboxylic acids is 1. The molecule has 0 aliphatic carbocycles. The molecule has 5 nitrogen and oxygen atoms in total. The fraction of sp³-hybridized carbons (Fsp3) is 0.562. The van der Waals surface area contributed by atoms with E-state index < -0.39 is 0 Å². The summed E-state index contributed by atoms with van der Waals surface area (Å²) < 4.78 is 10.7. The highest BCUT2D eigenvalue weighted by Crippen LogP contribution is 2.26. The van der Waals surface area contributed by atoms with Crippen molar-refractivity contribution in [1.29, 1.82) is 0 Å². The summed E-state index contributed by atoms with van der Waals surface area (Å²) in [5.74, 6) is 2.81. The minimum atomic E-state index is 0. The quantitative estimate of drug-likeness (QED) is 0.731. The first-order valence-electron chi connectivity index (χ1n) is 7.52. The molecule has 7 heteroatoms. The molecule has 23 heavy (non-hydrogen) atoms. The Balaban J connectivity index is 0.00000264. The summed E-state index contributed by atoms with van der Waals surface area (Å²) in [7, 11) is 1.64. The van der Waals surface area contributed by atoms with Crippen LogP contribution in [0.25, 0.3) is 0 Å². The summed E-state index contributed by atoms with van der Waals surface area (Å²) in [4.78, 5) is 12.2. The normalized spacial score (nSPS) is 17.2. The maximum atomic E-state index is 12.2. The second kappa shape index (κ2) is 10.8. The molecule has 1 unspecified atom stereocenters. The lowest BCUT2D eigenvalue weighted by molar-refractivity contribution is -0.116. The molecule has 1 aromatic rings. The first kappa shape index (κ1) is 20.1. The summed E-state index contributed by atoms with van der Waals surface area (Å²) in [6, 6.07) is 6.04. The Labute approximate surface area is 148 Å². The van der Waals surface area contributed by atoms with E-state index in [9.17, 15) is 4.79 Å². The summed E-state index contributed by atoms with van der Waals surface area (Å²) in [5, 5.41) is 6.33. The van der Waals surface area contributed by atoms with Gasteiger partial charge < -0.3 is 20.1 Å². The summed E-state index contributed by atoms with van der Waals surface area (Å²) in [5.41, 5.74) is 1.81. The van der Waals surface area contributed by atoms with Crippen molar-refractivity contribution in [2.24, 2.45) is 0 Å². The smallest absolute Gasteiger partial charge is 0.226 e. The van der Waals surface area contributed by atoms with Crippen LogP contribution < -0.4 is 15.4 Å². The molecule has 130 valence electrons. The standard InChI is InChI=1S/C16H24N2O3S.ClH/c1-12-3-4-14(15(9-12)21-7-6-20-2)18-16(19)10-13-11-22-8-5-17-13;/h3-4,9,13,17H,5-8,10-11H2,1-2H3,(H,18,19);1H. The van der Waals surface area contributed by atoms with Gasteiger partial charge in [0.25, 0.3) is 0 Å². The molecule has 1 aromatic carbocycles. The van der Waals surface area contributed by atoms with Crippen molar-refractivity contribution in [3.63, 3.8) is 0 Å². The molecule has 0 aromatic heterocycles. The van der Waals surface area contributed by atoms with E-state index in [1.54, 1.807) is 7.11 Å². The highest BCUT2D eigenvalue weighted by Gasteiger charge is 2.17. The lowest BCUT2D eigenvalue weighted by atomic mass is 10.2. The Morgan fingerprint density at radius 1 is 1.43 bits per heavy atom. The van der Waals surface area contributed by atoms with Gasteiger partial charge in [0.05, 0.1) is 12.3 Å². The van der Waals surface area contributed by atoms with E-state index in [0.717, 1.165) is 29.3 Å². The zero-order chi connectivity index (χ0) is 15.8. The average molecular weight is 361 g/mol. The van der Waals surface area contributed by atoms with Crippen LogP contribution in [0.1, 0.15) is 12.0 Å². The predicted molar refractivity (Wildman–Crippen MR) is 98.2 cm³/mol. The summed E-state index contributed by atoms with van der Waals surface area (Å²) in [6.45, 7) is 3.95. The van der Waals surface area contributed by atoms with Gasteiger partial charge in [0, 0.05) is 37.6 Å². The number of benzene rings is 1. The van der Waals surface area contributed by atoms with Crippen molar-refractivity contribution < 1.29 is 14.3 Å². The molecule has 0 radical (unpaired) electrons. The van der Waals surface area contributed by atoms with Gasteiger partial charge in [-0.25, -0.2) is 0 Å². The molecule has 0 spiro atoms. The van der Waals surface area contributed by atoms with Crippen LogP contribution in [0.5, 0.6) is 5.75 Å². The van der Waals surface area contributed by atoms with Gasteiger partial charge in [0.2, 0.25) is 5.91 Å². The number of methoxy groups -OCH3 is 1. The number of thioether (sulfide) groups is 1. The van der Waals surface area contributed by atoms with E-state index in [4.69, 9.17) is 9.47 Å². The molecule has 0 saturated carbocycles. The number of carbonyl (C=O) groups is 1. The fourth-order valence-corrected chi connectivity index (χ4v) is 3.21. The van der Waals surface area contributed by atoms with E-state index in [2.05, 4.69) is 10.6 Å². The van der Waals surface area contributed by atoms with Gasteiger partial charge in [0.1, 0.15) is 12.4 Å². The maximum absolute atomic E-state index is 12.2. The number of aryl methyl sites for hydroxylation is 1. The topological polar surface area (TPSA) is 59.6 Å². The van der Waals surface area contributed by atoms with Gasteiger partial charge >= 0.3 is 0 Å². The van der Waals surface area contributed by atoms with Gasteiger partial charge in [-0.3, -0.25) is 4.79 Å². The van der Waals surface area contributed by atoms with Gasteiger partial charge in [-0.1, -0.05) is 6.07 Å². The number of halogens is 1. The van der Waals surface area contributed by atoms with Crippen molar-refractivity contribution in [3.05, 3.63) is 23.8 Å². The molecule has 1 saturated heterocycles. The van der Waals surface area contributed by atoms with Crippen molar-refractivity contribution in [2.45, 2.75) is 19.4 Å². The van der Waals surface area contributed by atoms with Crippen LogP contribution in [0.15, 0.2) is 18.2 Å². The van der Waals surface area contributed by atoms with Gasteiger partial charge in [-0.05, 0) is 24.6 Å². The Hall–Kier alpha value is -0.950. The number of rotatable bonds is 7. The van der Waals surface area contributed by atoms with Crippen LogP contribution in [0.3, 0.4) is 0 Å².